The summed E-state index contributed by atoms with van der Waals surface area (Å²) in [6, 6.07) is 0. The molecule has 0 saturated carbocycles. The van der Waals surface area contributed by atoms with Gasteiger partial charge >= 0.3 is 5.97 Å². The van der Waals surface area contributed by atoms with E-state index in [4.69, 9.17) is 14.2 Å². The van der Waals surface area contributed by atoms with E-state index in [1.165, 1.54) is 6.92 Å². The second-order valence-corrected chi connectivity index (χ2v) is 5.93. The molecule has 0 radical (unpaired) electrons. The van der Waals surface area contributed by atoms with Gasteiger partial charge in [-0.3, -0.25) is 4.79 Å². The molecule has 0 aromatic rings. The van der Waals surface area contributed by atoms with Crippen LogP contribution in [0, 0.1) is 0 Å². The van der Waals surface area contributed by atoms with Crippen LogP contribution in [0.15, 0.2) is 0 Å². The molecule has 1 heterocycles. The van der Waals surface area contributed by atoms with Gasteiger partial charge in [0.15, 0.2) is 6.29 Å². The first-order valence-corrected chi connectivity index (χ1v) is 8.10. The van der Waals surface area contributed by atoms with Crippen LogP contribution in [-0.2, 0) is 19.0 Å². The lowest BCUT2D eigenvalue weighted by Crippen LogP contribution is -2.40. The number of hydrogen-bond donors (Lipinski definition) is 1. The molecular formula is C16H30O5. The van der Waals surface area contributed by atoms with E-state index in [0.29, 0.717) is 12.8 Å². The first kappa shape index (κ1) is 18.4. The molecular weight excluding hydrogens is 272 g/mol. The summed E-state index contributed by atoms with van der Waals surface area (Å²) in [5, 5.41) is 9.54. The molecule has 1 aliphatic rings. The molecule has 5 nitrogen and oxygen atoms in total. The van der Waals surface area contributed by atoms with Crippen molar-refractivity contribution < 1.29 is 24.1 Å². The Morgan fingerprint density at radius 1 is 1.33 bits per heavy atom. The number of aliphatic hydroxyl groups excluding tert-OH is 1. The molecule has 0 aliphatic carbocycles. The molecule has 0 spiro atoms. The standard InChI is InChI=1S/C16H30O5/c1-5-7-16-20-13(6-2)9-15(21-16)10-14(8-11(3)17)19-12(4)18/h11,13-17H,5-10H2,1-4H3. The third-order valence-electron chi connectivity index (χ3n) is 3.66. The van der Waals surface area contributed by atoms with Crippen molar-refractivity contribution in [3.8, 4) is 0 Å². The van der Waals surface area contributed by atoms with E-state index in [0.717, 1.165) is 25.7 Å². The number of carbonyl (C=O) groups excluding carboxylic acids is 1. The van der Waals surface area contributed by atoms with Crippen LogP contribution in [0.25, 0.3) is 0 Å². The molecule has 0 amide bonds. The van der Waals surface area contributed by atoms with E-state index in [1.54, 1.807) is 6.92 Å². The first-order valence-electron chi connectivity index (χ1n) is 8.10. The van der Waals surface area contributed by atoms with E-state index < -0.39 is 6.10 Å². The van der Waals surface area contributed by atoms with Gasteiger partial charge in [0, 0.05) is 26.2 Å². The highest BCUT2D eigenvalue weighted by Gasteiger charge is 2.31. The number of esters is 1. The van der Waals surface area contributed by atoms with Gasteiger partial charge in [-0.25, -0.2) is 0 Å². The van der Waals surface area contributed by atoms with Crippen molar-refractivity contribution in [1.82, 2.24) is 0 Å². The molecule has 5 unspecified atom stereocenters. The Kier molecular flexibility index (Phi) is 8.22. The Bertz CT molecular complexity index is 305. The minimum atomic E-state index is -0.498. The summed E-state index contributed by atoms with van der Waals surface area (Å²) in [5.41, 5.74) is 0. The highest BCUT2D eigenvalue weighted by Crippen LogP contribution is 2.27. The minimum Gasteiger partial charge on any atom is -0.462 e. The van der Waals surface area contributed by atoms with Crippen molar-refractivity contribution in [3.05, 3.63) is 0 Å². The van der Waals surface area contributed by atoms with Crippen molar-refractivity contribution in [2.24, 2.45) is 0 Å². The lowest BCUT2D eigenvalue weighted by atomic mass is 9.99. The highest BCUT2D eigenvalue weighted by molar-refractivity contribution is 5.66. The van der Waals surface area contributed by atoms with Crippen molar-refractivity contribution in [2.75, 3.05) is 0 Å². The zero-order valence-corrected chi connectivity index (χ0v) is 13.7. The third-order valence-corrected chi connectivity index (χ3v) is 3.66. The van der Waals surface area contributed by atoms with E-state index in [-0.39, 0.29) is 30.6 Å². The number of ether oxygens (including phenoxy) is 3. The molecule has 1 saturated heterocycles. The average Bonchev–Trinajstić information content (AvgIpc) is 2.37. The number of carbonyl (C=O) groups is 1. The normalized spacial score (nSPS) is 28.9. The largest absolute Gasteiger partial charge is 0.462 e. The van der Waals surface area contributed by atoms with Gasteiger partial charge in [0.05, 0.1) is 18.3 Å². The summed E-state index contributed by atoms with van der Waals surface area (Å²) in [7, 11) is 0. The predicted octanol–water partition coefficient (Wildman–Crippen LogP) is 2.79. The van der Waals surface area contributed by atoms with Crippen molar-refractivity contribution in [3.63, 3.8) is 0 Å². The van der Waals surface area contributed by atoms with Crippen LogP contribution in [0.3, 0.4) is 0 Å². The van der Waals surface area contributed by atoms with Crippen LogP contribution in [-0.4, -0.2) is 41.8 Å². The fourth-order valence-corrected chi connectivity index (χ4v) is 2.75. The van der Waals surface area contributed by atoms with Gasteiger partial charge in [0.2, 0.25) is 0 Å². The first-order chi connectivity index (χ1) is 9.94. The maximum Gasteiger partial charge on any atom is 0.302 e. The minimum absolute atomic E-state index is 0.0170. The van der Waals surface area contributed by atoms with E-state index >= 15 is 0 Å². The van der Waals surface area contributed by atoms with E-state index in [2.05, 4.69) is 13.8 Å². The van der Waals surface area contributed by atoms with Gasteiger partial charge in [-0.15, -0.1) is 0 Å². The van der Waals surface area contributed by atoms with Gasteiger partial charge in [-0.2, -0.15) is 0 Å². The topological polar surface area (TPSA) is 65.0 Å². The zero-order chi connectivity index (χ0) is 15.8. The Hall–Kier alpha value is -0.650. The second-order valence-electron chi connectivity index (χ2n) is 5.93. The van der Waals surface area contributed by atoms with E-state index in [1.807, 2.05) is 0 Å². The summed E-state index contributed by atoms with van der Waals surface area (Å²) in [5.74, 6) is -0.315. The van der Waals surface area contributed by atoms with Crippen LogP contribution in [0.4, 0.5) is 0 Å². The number of aliphatic hydroxyl groups is 1. The molecule has 21 heavy (non-hydrogen) atoms. The fourth-order valence-electron chi connectivity index (χ4n) is 2.75. The molecule has 5 heteroatoms. The molecule has 124 valence electrons. The molecule has 1 rings (SSSR count). The van der Waals surface area contributed by atoms with Gasteiger partial charge in [0.1, 0.15) is 6.10 Å². The SMILES string of the molecule is CCCC1OC(CC)CC(CC(CC(C)O)OC(C)=O)O1. The average molecular weight is 302 g/mol. The summed E-state index contributed by atoms with van der Waals surface area (Å²) < 4.78 is 17.1. The lowest BCUT2D eigenvalue weighted by molar-refractivity contribution is -0.250. The van der Waals surface area contributed by atoms with Crippen LogP contribution in [0.5, 0.6) is 0 Å². The lowest BCUT2D eigenvalue weighted by Gasteiger charge is -2.37. The van der Waals surface area contributed by atoms with Gasteiger partial charge in [0.25, 0.3) is 0 Å². The van der Waals surface area contributed by atoms with Crippen molar-refractivity contribution in [1.29, 1.82) is 0 Å². The summed E-state index contributed by atoms with van der Waals surface area (Å²) in [6.07, 6.45) is 3.96. The molecule has 0 aromatic carbocycles. The molecule has 5 atom stereocenters. The molecule has 1 aliphatic heterocycles. The second kappa shape index (κ2) is 9.38. The maximum atomic E-state index is 11.2. The van der Waals surface area contributed by atoms with Gasteiger partial charge < -0.3 is 19.3 Å². The Labute approximate surface area is 128 Å². The highest BCUT2D eigenvalue weighted by atomic mass is 16.7. The summed E-state index contributed by atoms with van der Waals surface area (Å²) in [6.45, 7) is 7.31. The van der Waals surface area contributed by atoms with Gasteiger partial charge in [-0.05, 0) is 19.8 Å². The fraction of sp³-hybridized carbons (Fsp3) is 0.938. The van der Waals surface area contributed by atoms with Crippen LogP contribution >= 0.6 is 0 Å². The van der Waals surface area contributed by atoms with Crippen LogP contribution in [0.2, 0.25) is 0 Å². The summed E-state index contributed by atoms with van der Waals surface area (Å²) in [4.78, 5) is 11.2. The van der Waals surface area contributed by atoms with Crippen molar-refractivity contribution in [2.45, 2.75) is 96.9 Å². The zero-order valence-electron chi connectivity index (χ0n) is 13.7. The Morgan fingerprint density at radius 3 is 2.52 bits per heavy atom. The number of rotatable bonds is 8. The molecule has 0 aromatic heterocycles. The maximum absolute atomic E-state index is 11.2. The Morgan fingerprint density at radius 2 is 2.00 bits per heavy atom. The molecule has 1 fully saturated rings. The van der Waals surface area contributed by atoms with Crippen LogP contribution in [0.1, 0.15) is 66.2 Å². The Balaban J connectivity index is 2.59. The molecule has 0 bridgehead atoms. The van der Waals surface area contributed by atoms with Crippen molar-refractivity contribution >= 4 is 5.97 Å². The smallest absolute Gasteiger partial charge is 0.302 e. The number of hydrogen-bond acceptors (Lipinski definition) is 5. The van der Waals surface area contributed by atoms with Crippen LogP contribution < -0.4 is 0 Å². The molecule has 1 N–H and O–H groups in total. The third kappa shape index (κ3) is 7.25. The monoisotopic (exact) mass is 302 g/mol. The predicted molar refractivity (Wildman–Crippen MR) is 79.8 cm³/mol. The quantitative estimate of drug-likeness (QED) is 0.698. The summed E-state index contributed by atoms with van der Waals surface area (Å²) >= 11 is 0. The van der Waals surface area contributed by atoms with E-state index in [9.17, 15) is 9.90 Å². The van der Waals surface area contributed by atoms with Gasteiger partial charge in [-0.1, -0.05) is 20.3 Å².